The monoisotopic (exact) mass is 803 g/mol. The normalized spacial score (nSPS) is 12.6. The Labute approximate surface area is 367 Å². The number of anilines is 3. The van der Waals surface area contributed by atoms with Crippen molar-refractivity contribution in [1.82, 2.24) is 0 Å². The van der Waals surface area contributed by atoms with Gasteiger partial charge in [-0.15, -0.1) is 0 Å². The predicted molar refractivity (Wildman–Crippen MR) is 262 cm³/mol. The molecule has 0 atom stereocenters. The van der Waals surface area contributed by atoms with Gasteiger partial charge in [0.15, 0.2) is 0 Å². The minimum Gasteiger partial charge on any atom is -0.456 e. The lowest BCUT2D eigenvalue weighted by molar-refractivity contribution is 0.669. The standard InChI is InChI=1S/C61H41NO/c1-5-19-42(20-6-1)44-23-17-28-48(39-44)62(49-36-37-52-51-29-13-15-32-55(51)61(56(52)41-49,46-24-9-3-10-25-46)47-26-11-4-12-27-47)57-33-18-31-50(60(57)43-21-7-2-8-22-43)45-35-38-59-54(40-45)53-30-14-16-34-58(53)63-59/h1-41H. The summed E-state index contributed by atoms with van der Waals surface area (Å²) in [6.45, 7) is 0. The van der Waals surface area contributed by atoms with Crippen molar-refractivity contribution in [2.75, 3.05) is 4.90 Å². The van der Waals surface area contributed by atoms with Crippen LogP contribution in [0.5, 0.6) is 0 Å². The van der Waals surface area contributed by atoms with E-state index in [1.54, 1.807) is 0 Å². The van der Waals surface area contributed by atoms with Crippen LogP contribution in [0.15, 0.2) is 253 Å². The van der Waals surface area contributed by atoms with Crippen molar-refractivity contribution in [2.24, 2.45) is 0 Å². The minimum atomic E-state index is -0.547. The van der Waals surface area contributed by atoms with Crippen LogP contribution in [0.4, 0.5) is 17.1 Å². The van der Waals surface area contributed by atoms with Crippen LogP contribution in [0.1, 0.15) is 22.3 Å². The zero-order valence-electron chi connectivity index (χ0n) is 34.5. The summed E-state index contributed by atoms with van der Waals surface area (Å²) in [5.74, 6) is 0. The molecule has 1 aromatic heterocycles. The second kappa shape index (κ2) is 15.1. The number of hydrogen-bond acceptors (Lipinski definition) is 2. The summed E-state index contributed by atoms with van der Waals surface area (Å²) < 4.78 is 6.32. The maximum Gasteiger partial charge on any atom is 0.135 e. The summed E-state index contributed by atoms with van der Waals surface area (Å²) >= 11 is 0. The van der Waals surface area contributed by atoms with Gasteiger partial charge in [0, 0.05) is 27.7 Å². The van der Waals surface area contributed by atoms with Crippen molar-refractivity contribution in [3.05, 3.63) is 271 Å². The third-order valence-electron chi connectivity index (χ3n) is 12.9. The predicted octanol–water partition coefficient (Wildman–Crippen LogP) is 16.4. The number of rotatable bonds is 8. The Morgan fingerprint density at radius 2 is 0.889 bits per heavy atom. The molecule has 0 radical (unpaired) electrons. The summed E-state index contributed by atoms with van der Waals surface area (Å²) in [5, 5.41) is 2.22. The maximum absolute atomic E-state index is 6.32. The van der Waals surface area contributed by atoms with Crippen molar-refractivity contribution >= 4 is 39.0 Å². The van der Waals surface area contributed by atoms with Crippen molar-refractivity contribution in [3.63, 3.8) is 0 Å². The molecule has 2 heteroatoms. The Hall–Kier alpha value is -8.20. The number of furan rings is 1. The fourth-order valence-corrected chi connectivity index (χ4v) is 10.2. The molecule has 0 spiro atoms. The van der Waals surface area contributed by atoms with Crippen LogP contribution in [0.3, 0.4) is 0 Å². The molecule has 11 aromatic rings. The summed E-state index contributed by atoms with van der Waals surface area (Å²) in [7, 11) is 0. The highest BCUT2D eigenvalue weighted by Crippen LogP contribution is 2.58. The largest absolute Gasteiger partial charge is 0.456 e. The fourth-order valence-electron chi connectivity index (χ4n) is 10.2. The SMILES string of the molecule is c1ccc(-c2cccc(N(c3ccc4c(c3)C(c3ccccc3)(c3ccccc3)c3ccccc3-4)c3cccc(-c4ccc5oc6ccccc6c5c4)c3-c3ccccc3)c2)cc1. The zero-order valence-corrected chi connectivity index (χ0v) is 34.5. The van der Waals surface area contributed by atoms with Crippen molar-refractivity contribution in [2.45, 2.75) is 5.41 Å². The van der Waals surface area contributed by atoms with Crippen LogP contribution in [0, 0.1) is 0 Å². The first kappa shape index (κ1) is 36.6. The average Bonchev–Trinajstić information content (AvgIpc) is 3.88. The zero-order chi connectivity index (χ0) is 41.7. The Kier molecular flexibility index (Phi) is 8.76. The van der Waals surface area contributed by atoms with Gasteiger partial charge in [-0.05, 0) is 110 Å². The minimum absolute atomic E-state index is 0.547. The highest BCUT2D eigenvalue weighted by Gasteiger charge is 2.46. The fraction of sp³-hybridized carbons (Fsp3) is 0.0164. The van der Waals surface area contributed by atoms with E-state index < -0.39 is 5.41 Å². The van der Waals surface area contributed by atoms with Gasteiger partial charge in [-0.2, -0.15) is 0 Å². The number of benzene rings is 10. The molecule has 0 fully saturated rings. The first-order chi connectivity index (χ1) is 31.3. The molecule has 0 bridgehead atoms. The molecule has 296 valence electrons. The highest BCUT2D eigenvalue weighted by molar-refractivity contribution is 6.07. The van der Waals surface area contributed by atoms with E-state index >= 15 is 0 Å². The lowest BCUT2D eigenvalue weighted by Gasteiger charge is -2.35. The molecule has 0 unspecified atom stereocenters. The maximum atomic E-state index is 6.32. The van der Waals surface area contributed by atoms with Gasteiger partial charge in [0.1, 0.15) is 11.2 Å². The Morgan fingerprint density at radius 1 is 0.317 bits per heavy atom. The van der Waals surface area contributed by atoms with E-state index in [0.29, 0.717) is 0 Å². The quantitative estimate of drug-likeness (QED) is 0.152. The van der Waals surface area contributed by atoms with E-state index in [2.05, 4.69) is 241 Å². The average molecular weight is 804 g/mol. The second-order valence-electron chi connectivity index (χ2n) is 16.4. The number of nitrogens with zero attached hydrogens (tertiary/aromatic N) is 1. The molecular weight excluding hydrogens is 763 g/mol. The molecule has 10 aromatic carbocycles. The van der Waals surface area contributed by atoms with Gasteiger partial charge in [-0.3, -0.25) is 0 Å². The highest BCUT2D eigenvalue weighted by atomic mass is 16.3. The van der Waals surface area contributed by atoms with Crippen LogP contribution < -0.4 is 4.90 Å². The molecule has 0 saturated carbocycles. The molecule has 63 heavy (non-hydrogen) atoms. The van der Waals surface area contributed by atoms with Crippen molar-refractivity contribution in [1.29, 1.82) is 0 Å². The first-order valence-electron chi connectivity index (χ1n) is 21.7. The summed E-state index contributed by atoms with van der Waals surface area (Å²) in [5.41, 5.74) is 18.9. The van der Waals surface area contributed by atoms with E-state index in [1.807, 2.05) is 12.1 Å². The molecule has 1 aliphatic carbocycles. The van der Waals surface area contributed by atoms with E-state index in [-0.39, 0.29) is 0 Å². The van der Waals surface area contributed by atoms with Crippen LogP contribution in [-0.2, 0) is 5.41 Å². The summed E-state index contributed by atoms with van der Waals surface area (Å²) in [4.78, 5) is 2.48. The van der Waals surface area contributed by atoms with E-state index in [1.165, 1.54) is 38.9 Å². The first-order valence-corrected chi connectivity index (χ1v) is 21.7. The van der Waals surface area contributed by atoms with Gasteiger partial charge in [0.2, 0.25) is 0 Å². The lowest BCUT2D eigenvalue weighted by Crippen LogP contribution is -2.28. The van der Waals surface area contributed by atoms with Gasteiger partial charge >= 0.3 is 0 Å². The van der Waals surface area contributed by atoms with Crippen LogP contribution >= 0.6 is 0 Å². The molecule has 1 aliphatic rings. The van der Waals surface area contributed by atoms with Crippen LogP contribution in [0.2, 0.25) is 0 Å². The van der Waals surface area contributed by atoms with Gasteiger partial charge < -0.3 is 9.32 Å². The molecule has 0 amide bonds. The van der Waals surface area contributed by atoms with E-state index in [0.717, 1.165) is 66.8 Å². The molecule has 0 aliphatic heterocycles. The molecular formula is C61H41NO. The second-order valence-corrected chi connectivity index (χ2v) is 16.4. The molecule has 2 nitrogen and oxygen atoms in total. The molecule has 0 N–H and O–H groups in total. The molecule has 1 heterocycles. The number of fused-ring (bicyclic) bond motifs is 6. The van der Waals surface area contributed by atoms with E-state index in [4.69, 9.17) is 4.42 Å². The van der Waals surface area contributed by atoms with Gasteiger partial charge in [0.05, 0.1) is 11.1 Å². The molecule has 0 saturated heterocycles. The van der Waals surface area contributed by atoms with Crippen LogP contribution in [0.25, 0.3) is 66.4 Å². The van der Waals surface area contributed by atoms with Gasteiger partial charge in [-0.25, -0.2) is 0 Å². The van der Waals surface area contributed by atoms with Gasteiger partial charge in [-0.1, -0.05) is 200 Å². The van der Waals surface area contributed by atoms with Crippen molar-refractivity contribution in [3.8, 4) is 44.5 Å². The summed E-state index contributed by atoms with van der Waals surface area (Å²) in [6, 6.07) is 90.5. The third kappa shape index (κ3) is 5.95. The summed E-state index contributed by atoms with van der Waals surface area (Å²) in [6.07, 6.45) is 0. The van der Waals surface area contributed by atoms with E-state index in [9.17, 15) is 0 Å². The van der Waals surface area contributed by atoms with Crippen molar-refractivity contribution < 1.29 is 4.42 Å². The molecule has 12 rings (SSSR count). The third-order valence-corrected chi connectivity index (χ3v) is 12.9. The Morgan fingerprint density at radius 3 is 1.65 bits per heavy atom. The Bertz CT molecular complexity index is 3400. The van der Waals surface area contributed by atoms with Crippen LogP contribution in [-0.4, -0.2) is 0 Å². The lowest BCUT2D eigenvalue weighted by atomic mass is 9.67. The van der Waals surface area contributed by atoms with Gasteiger partial charge in [0.25, 0.3) is 0 Å². The Balaban J connectivity index is 1.15. The topological polar surface area (TPSA) is 16.4 Å². The smallest absolute Gasteiger partial charge is 0.135 e. The number of hydrogen-bond donors (Lipinski definition) is 0. The number of para-hydroxylation sites is 1.